The first-order valence-electron chi connectivity index (χ1n) is 54.7. The Morgan fingerprint density at radius 3 is 0.597 bits per heavy atom. The van der Waals surface area contributed by atoms with Crippen LogP contribution in [0, 0.1) is 94.7 Å². The maximum atomic E-state index is 4.21. The number of hydrogen-bond acceptors (Lipinski definition) is 16. The van der Waals surface area contributed by atoms with Crippen LogP contribution in [0.15, 0.2) is 49.6 Å². The second kappa shape index (κ2) is 78.0. The Morgan fingerprint density at radius 1 is 0.149 bits per heavy atom. The van der Waals surface area contributed by atoms with Crippen molar-refractivity contribution in [1.82, 2.24) is 120 Å². The second-order valence-electron chi connectivity index (χ2n) is 45.5. The van der Waals surface area contributed by atoms with E-state index in [1.54, 1.807) is 0 Å². The maximum Gasteiger partial charge on any atom is 0.0725 e. The highest BCUT2D eigenvalue weighted by Crippen LogP contribution is 2.21. The lowest BCUT2D eigenvalue weighted by atomic mass is 10.0. The van der Waals surface area contributed by atoms with E-state index in [2.05, 4.69) is 342 Å². The van der Waals surface area contributed by atoms with Gasteiger partial charge < -0.3 is 0 Å². The fourth-order valence-corrected chi connectivity index (χ4v) is 15.4. The summed E-state index contributed by atoms with van der Waals surface area (Å²) in [5.41, 5.74) is 10.4. The summed E-state index contributed by atoms with van der Waals surface area (Å²) < 4.78 is 16.6. The standard InChI is InChI=1S/2C16H31N3.6C13H25N3/c1-14(2)9-5-6-11-16-13-17-18-19(16)12-8-7-10-15(3)4;1-14(2)9-6-5-7-11-16-13-17-18-19(16)12-8-10-15(3)4;1-11(2)6-5-9-16-13(10-14-15-16)8-7-12(3)4;2*1-11(2)6-5-7-13-10-14-15-16(13)9-8-12(3)4;2*1-11(2)7-5-6-8-13-9-14-15-16(13)10-12(3)4;1-11(2)7-5-6-8-16-13(9-12(3)4)10-14-15-16/h2*13-15H,5-12H2,1-4H3;3*10-12H,5-9H2,1-4H3;2*9,11-12H,5-8,10H2,1-4H3;10-12H,5-9H2,1-4H3. The van der Waals surface area contributed by atoms with Crippen LogP contribution >= 0.6 is 0 Å². The summed E-state index contributed by atoms with van der Waals surface area (Å²) in [6.07, 6.45) is 62.5. The molecule has 0 saturated heterocycles. The van der Waals surface area contributed by atoms with Gasteiger partial charge in [0.15, 0.2) is 0 Å². The molecule has 0 fully saturated rings. The van der Waals surface area contributed by atoms with Crippen LogP contribution in [-0.2, 0) is 104 Å². The zero-order valence-corrected chi connectivity index (χ0v) is 93.1. The van der Waals surface area contributed by atoms with E-state index >= 15 is 0 Å². The molecule has 0 radical (unpaired) electrons. The van der Waals surface area contributed by atoms with Gasteiger partial charge in [0.2, 0.25) is 0 Å². The lowest BCUT2D eigenvalue weighted by Gasteiger charge is -2.08. The molecule has 8 aromatic rings. The molecule has 0 N–H and O–H groups in total. The van der Waals surface area contributed by atoms with Gasteiger partial charge in [-0.2, -0.15) is 0 Å². The van der Waals surface area contributed by atoms with Gasteiger partial charge in [0.25, 0.3) is 0 Å². The van der Waals surface area contributed by atoms with E-state index < -0.39 is 0 Å². The van der Waals surface area contributed by atoms with Crippen molar-refractivity contribution in [3.8, 4) is 0 Å². The summed E-state index contributed by atoms with van der Waals surface area (Å²) in [5.74, 6) is 12.2. The first kappa shape index (κ1) is 125. The molecule has 0 aliphatic carbocycles. The van der Waals surface area contributed by atoms with Crippen molar-refractivity contribution in [1.29, 1.82) is 0 Å². The Balaban J connectivity index is 0.000000766. The minimum absolute atomic E-state index is 0.635. The number of nitrogens with zero attached hydrogens (tertiary/aromatic N) is 24. The normalized spacial score (nSPS) is 11.6. The zero-order valence-electron chi connectivity index (χ0n) is 93.1. The Kier molecular flexibility index (Phi) is 72.8. The van der Waals surface area contributed by atoms with Gasteiger partial charge >= 0.3 is 0 Å². The average Bonchev–Trinajstić information content (AvgIpc) is 1.77. The van der Waals surface area contributed by atoms with Crippen molar-refractivity contribution in [2.75, 3.05) is 0 Å². The van der Waals surface area contributed by atoms with E-state index in [1.165, 1.54) is 238 Å². The molecule has 8 heterocycles. The molecule has 0 aliphatic heterocycles. The zero-order chi connectivity index (χ0) is 100.0. The molecule has 0 saturated carbocycles. The Bertz CT molecular complexity index is 3560. The van der Waals surface area contributed by atoms with E-state index in [0.717, 1.165) is 181 Å². The fourth-order valence-electron chi connectivity index (χ4n) is 15.4. The summed E-state index contributed by atoms with van der Waals surface area (Å²) in [7, 11) is 0. The molecule has 0 amide bonds. The van der Waals surface area contributed by atoms with Crippen LogP contribution in [0.1, 0.15) is 460 Å². The number of rotatable bonds is 62. The molecule has 8 aromatic heterocycles. The predicted octanol–water partition coefficient (Wildman–Crippen LogP) is 28.8. The van der Waals surface area contributed by atoms with Crippen LogP contribution in [0.4, 0.5) is 0 Å². The van der Waals surface area contributed by atoms with Crippen molar-refractivity contribution >= 4 is 0 Å². The first-order valence-corrected chi connectivity index (χ1v) is 54.7. The van der Waals surface area contributed by atoms with Crippen molar-refractivity contribution in [3.63, 3.8) is 0 Å². The monoisotopic (exact) mass is 1870 g/mol. The molecule has 0 bridgehead atoms. The maximum absolute atomic E-state index is 4.21. The van der Waals surface area contributed by atoms with E-state index in [-0.39, 0.29) is 0 Å². The Hall–Kier alpha value is -6.88. The van der Waals surface area contributed by atoms with Crippen LogP contribution < -0.4 is 0 Å². The molecule has 134 heavy (non-hydrogen) atoms. The highest BCUT2D eigenvalue weighted by Gasteiger charge is 2.15. The quantitative estimate of drug-likeness (QED) is 0.0322. The van der Waals surface area contributed by atoms with E-state index in [0.29, 0.717) is 17.8 Å². The highest BCUT2D eigenvalue weighted by atomic mass is 15.5. The van der Waals surface area contributed by atoms with Crippen LogP contribution in [0.3, 0.4) is 0 Å². The number of unbranched alkanes of at least 4 members (excludes halogenated alkanes) is 7. The Morgan fingerprint density at radius 2 is 0.336 bits per heavy atom. The van der Waals surface area contributed by atoms with Crippen LogP contribution in [-0.4, -0.2) is 120 Å². The number of hydrogen-bond donors (Lipinski definition) is 0. The largest absolute Gasteiger partial charge is 0.249 e. The highest BCUT2D eigenvalue weighted by molar-refractivity contribution is 5.00. The summed E-state index contributed by atoms with van der Waals surface area (Å²) >= 11 is 0. The molecule has 0 spiro atoms. The molecule has 0 aliphatic rings. The van der Waals surface area contributed by atoms with Gasteiger partial charge in [-0.05, 0) is 242 Å². The lowest BCUT2D eigenvalue weighted by Crippen LogP contribution is -2.10. The van der Waals surface area contributed by atoms with Crippen molar-refractivity contribution in [2.45, 2.75) is 518 Å². The van der Waals surface area contributed by atoms with Gasteiger partial charge in [0.1, 0.15) is 0 Å². The third kappa shape index (κ3) is 69.0. The van der Waals surface area contributed by atoms with Crippen LogP contribution in [0.5, 0.6) is 0 Å². The third-order valence-corrected chi connectivity index (χ3v) is 23.7. The van der Waals surface area contributed by atoms with Gasteiger partial charge in [0, 0.05) is 52.4 Å². The van der Waals surface area contributed by atoms with Gasteiger partial charge in [-0.25, -0.2) is 37.5 Å². The third-order valence-electron chi connectivity index (χ3n) is 23.7. The summed E-state index contributed by atoms with van der Waals surface area (Å²) in [4.78, 5) is 0. The summed E-state index contributed by atoms with van der Waals surface area (Å²) in [6, 6.07) is 0. The smallest absolute Gasteiger partial charge is 0.0725 e. The molecule has 0 atom stereocenters. The number of aromatic nitrogens is 24. The van der Waals surface area contributed by atoms with E-state index in [1.807, 2.05) is 49.6 Å². The van der Waals surface area contributed by atoms with Gasteiger partial charge in [-0.3, -0.25) is 0 Å². The van der Waals surface area contributed by atoms with Crippen molar-refractivity contribution in [2.24, 2.45) is 94.7 Å². The summed E-state index contributed by atoms with van der Waals surface area (Å²) in [6.45, 7) is 80.5. The molecule has 24 nitrogen and oxygen atoms in total. The lowest BCUT2D eigenvalue weighted by molar-refractivity contribution is 0.452. The molecule has 0 unspecified atom stereocenters. The molecule has 772 valence electrons. The van der Waals surface area contributed by atoms with E-state index in [9.17, 15) is 0 Å². The second-order valence-corrected chi connectivity index (χ2v) is 45.5. The molecule has 0 aromatic carbocycles. The van der Waals surface area contributed by atoms with Crippen molar-refractivity contribution < 1.29 is 0 Å². The topological polar surface area (TPSA) is 246 Å². The molecule has 24 heteroatoms. The molecule has 8 rings (SSSR count). The van der Waals surface area contributed by atoms with E-state index in [4.69, 9.17) is 0 Å². The number of aryl methyl sites for hydroxylation is 13. The minimum Gasteiger partial charge on any atom is -0.249 e. The predicted molar refractivity (Wildman–Crippen MR) is 566 cm³/mol. The molecular formula is C110H212N24. The van der Waals surface area contributed by atoms with Crippen LogP contribution in [0.2, 0.25) is 0 Å². The average molecular weight is 1870 g/mol. The Labute approximate surface area is 823 Å². The first-order chi connectivity index (χ1) is 63.7. The summed E-state index contributed by atoms with van der Waals surface area (Å²) in [5, 5.41) is 65.5. The van der Waals surface area contributed by atoms with Gasteiger partial charge in [-0.15, -0.1) is 40.8 Å². The van der Waals surface area contributed by atoms with Gasteiger partial charge in [0.05, 0.1) is 95.1 Å². The molecular weight excluding hydrogens is 1660 g/mol. The fraction of sp³-hybridized carbons (Fsp3) is 0.855. The van der Waals surface area contributed by atoms with Crippen molar-refractivity contribution in [3.05, 3.63) is 95.1 Å². The minimum atomic E-state index is 0.635. The SMILES string of the molecule is CC(C)CCCCCc1cnnn1CCCC(C)C.CC(C)CCCCc1cnnn1CC(C)C.CC(C)CCCCc1cnnn1CC(C)C.CC(C)CCCCc1cnnn1CCCCC(C)C.CC(C)CCCCn1nncc1CC(C)C.CC(C)CCCc1cnnn1CCC(C)C.CC(C)CCCc1cnnn1CCC(C)C.CC(C)CCCn1nncc1CCC(C)C. The van der Waals surface area contributed by atoms with Crippen LogP contribution in [0.25, 0.3) is 0 Å². The van der Waals surface area contributed by atoms with Gasteiger partial charge in [-0.1, -0.05) is 360 Å².